The van der Waals surface area contributed by atoms with Crippen molar-refractivity contribution in [1.29, 1.82) is 0 Å². The second-order valence-electron chi connectivity index (χ2n) is 4.29. The molecule has 0 N–H and O–H groups in total. The van der Waals surface area contributed by atoms with Crippen molar-refractivity contribution < 1.29 is 0 Å². The molecule has 19 heavy (non-hydrogen) atoms. The number of halogens is 4. The molecule has 4 heteroatoms. The molecule has 0 heterocycles. The van der Waals surface area contributed by atoms with E-state index in [0.29, 0.717) is 22.3 Å². The molecule has 0 aliphatic carbocycles. The number of hydrogen-bond donors (Lipinski definition) is 0. The van der Waals surface area contributed by atoms with Gasteiger partial charge in [0.2, 0.25) is 0 Å². The van der Waals surface area contributed by atoms with Crippen molar-refractivity contribution in [1.82, 2.24) is 0 Å². The summed E-state index contributed by atoms with van der Waals surface area (Å²) < 4.78 is 0. The minimum atomic E-state index is 0.117. The summed E-state index contributed by atoms with van der Waals surface area (Å²) in [6, 6.07) is 13.4. The van der Waals surface area contributed by atoms with Crippen molar-refractivity contribution in [2.24, 2.45) is 0 Å². The Morgan fingerprint density at radius 2 is 1.53 bits per heavy atom. The van der Waals surface area contributed by atoms with Crippen molar-refractivity contribution >= 4 is 46.4 Å². The van der Waals surface area contributed by atoms with Crippen LogP contribution in [0.2, 0.25) is 15.1 Å². The maximum absolute atomic E-state index is 6.22. The third-order valence-electron chi connectivity index (χ3n) is 3.03. The summed E-state index contributed by atoms with van der Waals surface area (Å²) in [7, 11) is 0. The molecule has 0 radical (unpaired) electrons. The van der Waals surface area contributed by atoms with E-state index in [1.807, 2.05) is 36.4 Å². The Morgan fingerprint density at radius 1 is 0.842 bits per heavy atom. The van der Waals surface area contributed by atoms with Gasteiger partial charge in [0.15, 0.2) is 0 Å². The number of hydrogen-bond acceptors (Lipinski definition) is 0. The van der Waals surface area contributed by atoms with Crippen LogP contribution >= 0.6 is 46.4 Å². The molecule has 0 saturated carbocycles. The number of benzene rings is 2. The van der Waals surface area contributed by atoms with Crippen LogP contribution in [-0.4, -0.2) is 5.88 Å². The van der Waals surface area contributed by atoms with Crippen molar-refractivity contribution in [2.45, 2.75) is 12.3 Å². The largest absolute Gasteiger partial charge is 0.126 e. The highest BCUT2D eigenvalue weighted by molar-refractivity contribution is 6.42. The highest BCUT2D eigenvalue weighted by Crippen LogP contribution is 2.33. The topological polar surface area (TPSA) is 0 Å². The van der Waals surface area contributed by atoms with Crippen LogP contribution in [0.25, 0.3) is 0 Å². The lowest BCUT2D eigenvalue weighted by molar-refractivity contribution is 0.767. The van der Waals surface area contributed by atoms with Crippen molar-refractivity contribution in [2.75, 3.05) is 5.88 Å². The van der Waals surface area contributed by atoms with E-state index in [2.05, 4.69) is 0 Å². The normalized spacial score (nSPS) is 12.4. The SMILES string of the molecule is ClCC(Cc1cccc(Cl)c1Cl)c1ccccc1Cl. The third-order valence-corrected chi connectivity index (χ3v) is 4.60. The van der Waals surface area contributed by atoms with E-state index in [0.717, 1.165) is 16.1 Å². The first-order valence-corrected chi connectivity index (χ1v) is 7.53. The maximum atomic E-state index is 6.22. The zero-order valence-electron chi connectivity index (χ0n) is 10.0. The van der Waals surface area contributed by atoms with E-state index in [1.54, 1.807) is 6.07 Å². The summed E-state index contributed by atoms with van der Waals surface area (Å²) in [5.74, 6) is 0.596. The fourth-order valence-corrected chi connectivity index (χ4v) is 2.99. The molecule has 2 aromatic carbocycles. The summed E-state index contributed by atoms with van der Waals surface area (Å²) >= 11 is 24.5. The lowest BCUT2D eigenvalue weighted by Gasteiger charge is -2.17. The van der Waals surface area contributed by atoms with Gasteiger partial charge in [-0.25, -0.2) is 0 Å². The molecule has 100 valence electrons. The highest BCUT2D eigenvalue weighted by Gasteiger charge is 2.16. The van der Waals surface area contributed by atoms with Gasteiger partial charge in [-0.3, -0.25) is 0 Å². The van der Waals surface area contributed by atoms with Crippen molar-refractivity contribution in [3.8, 4) is 0 Å². The van der Waals surface area contributed by atoms with Crippen LogP contribution in [0.3, 0.4) is 0 Å². The zero-order chi connectivity index (χ0) is 13.8. The van der Waals surface area contributed by atoms with Gasteiger partial charge in [-0.15, -0.1) is 11.6 Å². The van der Waals surface area contributed by atoms with Gasteiger partial charge in [-0.1, -0.05) is 65.1 Å². The first kappa shape index (κ1) is 15.0. The van der Waals surface area contributed by atoms with Gasteiger partial charge < -0.3 is 0 Å². The molecule has 0 amide bonds. The van der Waals surface area contributed by atoms with Gasteiger partial charge in [0.25, 0.3) is 0 Å². The zero-order valence-corrected chi connectivity index (χ0v) is 13.1. The lowest BCUT2D eigenvalue weighted by Crippen LogP contribution is -2.06. The average molecular weight is 334 g/mol. The summed E-state index contributed by atoms with van der Waals surface area (Å²) in [5.41, 5.74) is 2.02. The highest BCUT2D eigenvalue weighted by atomic mass is 35.5. The van der Waals surface area contributed by atoms with E-state index >= 15 is 0 Å². The molecule has 0 aromatic heterocycles. The van der Waals surface area contributed by atoms with Crippen LogP contribution in [0.1, 0.15) is 17.0 Å². The predicted octanol–water partition coefficient (Wildman–Crippen LogP) is 6.21. The van der Waals surface area contributed by atoms with Gasteiger partial charge in [-0.05, 0) is 29.7 Å². The molecule has 2 rings (SSSR count). The Kier molecular flexibility index (Phi) is 5.41. The van der Waals surface area contributed by atoms with Gasteiger partial charge in [0, 0.05) is 16.8 Å². The molecule has 0 bridgehead atoms. The Labute approximate surface area is 133 Å². The first-order chi connectivity index (χ1) is 9.13. The molecule has 1 unspecified atom stereocenters. The molecule has 0 spiro atoms. The van der Waals surface area contributed by atoms with E-state index in [9.17, 15) is 0 Å². The van der Waals surface area contributed by atoms with Crippen LogP contribution in [0.4, 0.5) is 0 Å². The molecule has 2 aromatic rings. The van der Waals surface area contributed by atoms with Crippen LogP contribution < -0.4 is 0 Å². The van der Waals surface area contributed by atoms with Crippen molar-refractivity contribution in [3.63, 3.8) is 0 Å². The number of alkyl halides is 1. The monoisotopic (exact) mass is 332 g/mol. The summed E-state index contributed by atoms with van der Waals surface area (Å²) in [4.78, 5) is 0. The lowest BCUT2D eigenvalue weighted by atomic mass is 9.93. The summed E-state index contributed by atoms with van der Waals surface area (Å²) in [5, 5.41) is 1.88. The smallest absolute Gasteiger partial charge is 0.0624 e. The number of rotatable bonds is 4. The van der Waals surface area contributed by atoms with E-state index in [4.69, 9.17) is 46.4 Å². The fourth-order valence-electron chi connectivity index (χ4n) is 2.03. The predicted molar refractivity (Wildman–Crippen MR) is 85.1 cm³/mol. The van der Waals surface area contributed by atoms with Gasteiger partial charge >= 0.3 is 0 Å². The second-order valence-corrected chi connectivity index (χ2v) is 5.79. The second kappa shape index (κ2) is 6.85. The molecule has 0 fully saturated rings. The van der Waals surface area contributed by atoms with E-state index in [-0.39, 0.29) is 5.92 Å². The minimum absolute atomic E-state index is 0.117. The molecular weight excluding hydrogens is 322 g/mol. The van der Waals surface area contributed by atoms with Crippen LogP contribution in [-0.2, 0) is 6.42 Å². The molecule has 0 aliphatic rings. The standard InChI is InChI=1S/C15H12Cl4/c16-9-11(12-5-1-2-6-13(12)17)8-10-4-3-7-14(18)15(10)19/h1-7,11H,8-9H2. The maximum Gasteiger partial charge on any atom is 0.0624 e. The minimum Gasteiger partial charge on any atom is -0.126 e. The third kappa shape index (κ3) is 3.58. The van der Waals surface area contributed by atoms with E-state index < -0.39 is 0 Å². The molecule has 1 atom stereocenters. The average Bonchev–Trinajstić information content (AvgIpc) is 2.41. The van der Waals surface area contributed by atoms with Crippen LogP contribution in [0.5, 0.6) is 0 Å². The van der Waals surface area contributed by atoms with Crippen LogP contribution in [0.15, 0.2) is 42.5 Å². The van der Waals surface area contributed by atoms with Gasteiger partial charge in [-0.2, -0.15) is 0 Å². The van der Waals surface area contributed by atoms with Crippen molar-refractivity contribution in [3.05, 3.63) is 68.7 Å². The Morgan fingerprint density at radius 3 is 2.21 bits per heavy atom. The molecule has 0 nitrogen and oxygen atoms in total. The summed E-state index contributed by atoms with van der Waals surface area (Å²) in [6.45, 7) is 0. The molecular formula is C15H12Cl4. The first-order valence-electron chi connectivity index (χ1n) is 5.86. The Balaban J connectivity index is 2.30. The quantitative estimate of drug-likeness (QED) is 0.583. The van der Waals surface area contributed by atoms with Crippen LogP contribution in [0, 0.1) is 0 Å². The van der Waals surface area contributed by atoms with Gasteiger partial charge in [0.1, 0.15) is 0 Å². The van der Waals surface area contributed by atoms with Gasteiger partial charge in [0.05, 0.1) is 10.0 Å². The Bertz CT molecular complexity index is 566. The Hall–Kier alpha value is -0.400. The fraction of sp³-hybridized carbons (Fsp3) is 0.200. The van der Waals surface area contributed by atoms with E-state index in [1.165, 1.54) is 0 Å². The molecule has 0 aliphatic heterocycles. The molecule has 0 saturated heterocycles. The summed E-state index contributed by atoms with van der Waals surface area (Å²) in [6.07, 6.45) is 0.715.